The molecule has 92 valence electrons. The summed E-state index contributed by atoms with van der Waals surface area (Å²) >= 11 is 9.34. The molecular formula is C12H14BrClN2O. The van der Waals surface area contributed by atoms with Gasteiger partial charge in [0, 0.05) is 6.54 Å². The number of benzene rings is 1. The van der Waals surface area contributed by atoms with E-state index in [9.17, 15) is 4.79 Å². The molecule has 0 saturated carbocycles. The van der Waals surface area contributed by atoms with Crippen molar-refractivity contribution in [3.63, 3.8) is 0 Å². The first-order chi connectivity index (χ1) is 8.18. The molecule has 1 aromatic rings. The molecule has 1 saturated heterocycles. The Morgan fingerprint density at radius 2 is 2.35 bits per heavy atom. The SMILES string of the molecule is O=C(Nc1cccc(Cl)c1Br)C1CCCNC1. The van der Waals surface area contributed by atoms with Crippen molar-refractivity contribution in [1.29, 1.82) is 0 Å². The van der Waals surface area contributed by atoms with Crippen LogP contribution in [0.15, 0.2) is 22.7 Å². The maximum absolute atomic E-state index is 12.0. The smallest absolute Gasteiger partial charge is 0.228 e. The maximum atomic E-state index is 12.0. The third-order valence-corrected chi connectivity index (χ3v) is 4.27. The minimum Gasteiger partial charge on any atom is -0.325 e. The number of halogens is 2. The van der Waals surface area contributed by atoms with Crippen LogP contribution < -0.4 is 10.6 Å². The van der Waals surface area contributed by atoms with E-state index in [4.69, 9.17) is 11.6 Å². The largest absolute Gasteiger partial charge is 0.325 e. The summed E-state index contributed by atoms with van der Waals surface area (Å²) in [5.41, 5.74) is 0.730. The first kappa shape index (κ1) is 12.9. The number of piperidine rings is 1. The van der Waals surface area contributed by atoms with Crippen LogP contribution in [0.3, 0.4) is 0 Å². The highest BCUT2D eigenvalue weighted by molar-refractivity contribution is 9.10. The number of carbonyl (C=O) groups excluding carboxylic acids is 1. The van der Waals surface area contributed by atoms with Crippen LogP contribution in [-0.4, -0.2) is 19.0 Å². The van der Waals surface area contributed by atoms with Crippen LogP contribution in [0.5, 0.6) is 0 Å². The summed E-state index contributed by atoms with van der Waals surface area (Å²) in [6, 6.07) is 5.44. The van der Waals surface area contributed by atoms with Crippen LogP contribution in [0.25, 0.3) is 0 Å². The molecule has 0 aromatic heterocycles. The van der Waals surface area contributed by atoms with Crippen molar-refractivity contribution in [2.75, 3.05) is 18.4 Å². The van der Waals surface area contributed by atoms with E-state index >= 15 is 0 Å². The molecule has 1 aliphatic heterocycles. The Morgan fingerprint density at radius 1 is 1.53 bits per heavy atom. The predicted octanol–water partition coefficient (Wildman–Crippen LogP) is 3.04. The number of hydrogen-bond donors (Lipinski definition) is 2. The van der Waals surface area contributed by atoms with Crippen LogP contribution in [0.4, 0.5) is 5.69 Å². The van der Waals surface area contributed by atoms with E-state index < -0.39 is 0 Å². The fourth-order valence-electron chi connectivity index (χ4n) is 1.91. The van der Waals surface area contributed by atoms with Gasteiger partial charge in [-0.3, -0.25) is 4.79 Å². The van der Waals surface area contributed by atoms with Crippen molar-refractivity contribution >= 4 is 39.1 Å². The summed E-state index contributed by atoms with van der Waals surface area (Å²) in [6.07, 6.45) is 1.99. The highest BCUT2D eigenvalue weighted by Crippen LogP contribution is 2.30. The molecule has 2 N–H and O–H groups in total. The molecule has 1 atom stereocenters. The van der Waals surface area contributed by atoms with Crippen molar-refractivity contribution in [3.05, 3.63) is 27.7 Å². The molecule has 1 aromatic carbocycles. The van der Waals surface area contributed by atoms with E-state index in [-0.39, 0.29) is 11.8 Å². The fraction of sp³-hybridized carbons (Fsp3) is 0.417. The van der Waals surface area contributed by atoms with Gasteiger partial charge in [-0.2, -0.15) is 0 Å². The number of hydrogen-bond acceptors (Lipinski definition) is 2. The normalized spacial score (nSPS) is 20.0. The first-order valence-corrected chi connectivity index (χ1v) is 6.81. The average molecular weight is 318 g/mol. The van der Waals surface area contributed by atoms with Crippen molar-refractivity contribution in [3.8, 4) is 0 Å². The van der Waals surface area contributed by atoms with Gasteiger partial charge >= 0.3 is 0 Å². The van der Waals surface area contributed by atoms with Gasteiger partial charge in [-0.25, -0.2) is 0 Å². The van der Waals surface area contributed by atoms with Crippen LogP contribution in [0, 0.1) is 5.92 Å². The van der Waals surface area contributed by atoms with Gasteiger partial charge in [0.05, 0.1) is 21.1 Å². The third-order valence-electron chi connectivity index (χ3n) is 2.88. The molecule has 5 heteroatoms. The molecule has 1 amide bonds. The van der Waals surface area contributed by atoms with Crippen LogP contribution in [-0.2, 0) is 4.79 Å². The Balaban J connectivity index is 2.04. The minimum absolute atomic E-state index is 0.0506. The van der Waals surface area contributed by atoms with Gasteiger partial charge in [0.15, 0.2) is 0 Å². The minimum atomic E-state index is 0.0506. The van der Waals surface area contributed by atoms with E-state index in [1.165, 1.54) is 0 Å². The molecule has 0 bridgehead atoms. The van der Waals surface area contributed by atoms with Crippen LogP contribution in [0.2, 0.25) is 5.02 Å². The zero-order valence-electron chi connectivity index (χ0n) is 9.30. The standard InChI is InChI=1S/C12H14BrClN2O/c13-11-9(14)4-1-5-10(11)16-12(17)8-3-2-6-15-7-8/h1,4-5,8,15H,2-3,6-7H2,(H,16,17). The van der Waals surface area contributed by atoms with Gasteiger partial charge in [-0.1, -0.05) is 17.7 Å². The molecule has 1 fully saturated rings. The monoisotopic (exact) mass is 316 g/mol. The van der Waals surface area contributed by atoms with Crippen molar-refractivity contribution < 1.29 is 4.79 Å². The summed E-state index contributed by atoms with van der Waals surface area (Å²) in [5.74, 6) is 0.106. The zero-order valence-corrected chi connectivity index (χ0v) is 11.6. The Labute approximate surface area is 114 Å². The second-order valence-electron chi connectivity index (χ2n) is 4.13. The summed E-state index contributed by atoms with van der Waals surface area (Å²) in [4.78, 5) is 12.0. The van der Waals surface area contributed by atoms with Crippen molar-refractivity contribution in [2.45, 2.75) is 12.8 Å². The highest BCUT2D eigenvalue weighted by atomic mass is 79.9. The van der Waals surface area contributed by atoms with Gasteiger partial charge < -0.3 is 10.6 Å². The van der Waals surface area contributed by atoms with Crippen LogP contribution in [0.1, 0.15) is 12.8 Å². The van der Waals surface area contributed by atoms with Gasteiger partial charge in [0.1, 0.15) is 0 Å². The molecule has 17 heavy (non-hydrogen) atoms. The Hall–Kier alpha value is -0.580. The predicted molar refractivity (Wildman–Crippen MR) is 73.4 cm³/mol. The van der Waals surface area contributed by atoms with Crippen molar-refractivity contribution in [2.24, 2.45) is 5.92 Å². The van der Waals surface area contributed by atoms with Gasteiger partial charge in [-0.05, 0) is 47.4 Å². The van der Waals surface area contributed by atoms with E-state index in [1.54, 1.807) is 6.07 Å². The maximum Gasteiger partial charge on any atom is 0.228 e. The summed E-state index contributed by atoms with van der Waals surface area (Å²) in [6.45, 7) is 1.76. The molecule has 1 aliphatic rings. The number of nitrogens with one attached hydrogen (secondary N) is 2. The van der Waals surface area contributed by atoms with E-state index in [0.717, 1.165) is 36.1 Å². The number of amides is 1. The highest BCUT2D eigenvalue weighted by Gasteiger charge is 2.21. The Morgan fingerprint density at radius 3 is 3.06 bits per heavy atom. The lowest BCUT2D eigenvalue weighted by molar-refractivity contribution is -0.120. The van der Waals surface area contributed by atoms with Crippen LogP contribution >= 0.6 is 27.5 Å². The van der Waals surface area contributed by atoms with E-state index in [0.29, 0.717) is 5.02 Å². The second-order valence-corrected chi connectivity index (χ2v) is 5.33. The molecule has 0 spiro atoms. The summed E-state index contributed by atoms with van der Waals surface area (Å²) in [5, 5.41) is 6.74. The summed E-state index contributed by atoms with van der Waals surface area (Å²) < 4.78 is 0.735. The number of carbonyl (C=O) groups is 1. The lowest BCUT2D eigenvalue weighted by Crippen LogP contribution is -2.37. The Kier molecular flexibility index (Phi) is 4.42. The molecule has 2 rings (SSSR count). The third kappa shape index (κ3) is 3.21. The second kappa shape index (κ2) is 5.85. The van der Waals surface area contributed by atoms with Gasteiger partial charge in [0.2, 0.25) is 5.91 Å². The molecule has 1 heterocycles. The Bertz CT molecular complexity index is 419. The van der Waals surface area contributed by atoms with Gasteiger partial charge in [-0.15, -0.1) is 0 Å². The zero-order chi connectivity index (χ0) is 12.3. The first-order valence-electron chi connectivity index (χ1n) is 5.64. The van der Waals surface area contributed by atoms with Gasteiger partial charge in [0.25, 0.3) is 0 Å². The molecule has 0 radical (unpaired) electrons. The van der Waals surface area contributed by atoms with E-state index in [2.05, 4.69) is 26.6 Å². The quantitative estimate of drug-likeness (QED) is 0.880. The fourth-order valence-corrected chi connectivity index (χ4v) is 2.45. The molecule has 1 unspecified atom stereocenters. The lowest BCUT2D eigenvalue weighted by atomic mass is 9.99. The molecule has 0 aliphatic carbocycles. The summed E-state index contributed by atoms with van der Waals surface area (Å²) in [7, 11) is 0. The number of rotatable bonds is 2. The van der Waals surface area contributed by atoms with Crippen molar-refractivity contribution in [1.82, 2.24) is 5.32 Å². The molecule has 3 nitrogen and oxygen atoms in total. The molecular weight excluding hydrogens is 304 g/mol. The topological polar surface area (TPSA) is 41.1 Å². The lowest BCUT2D eigenvalue weighted by Gasteiger charge is -2.22. The average Bonchev–Trinajstić information content (AvgIpc) is 2.36. The number of anilines is 1. The van der Waals surface area contributed by atoms with E-state index in [1.807, 2.05) is 12.1 Å².